The number of rotatable bonds is 4. The van der Waals surface area contributed by atoms with Gasteiger partial charge in [0, 0.05) is 5.56 Å². The van der Waals surface area contributed by atoms with Crippen molar-refractivity contribution in [1.82, 2.24) is 4.57 Å². The van der Waals surface area contributed by atoms with E-state index in [2.05, 4.69) is 4.99 Å². The van der Waals surface area contributed by atoms with Crippen LogP contribution in [0.5, 0.6) is 11.5 Å². The molecule has 0 fully saturated rings. The number of fused-ring (bicyclic) bond motifs is 2. The second kappa shape index (κ2) is 8.08. The van der Waals surface area contributed by atoms with Gasteiger partial charge in [-0.2, -0.15) is 4.99 Å². The van der Waals surface area contributed by atoms with Crippen molar-refractivity contribution in [2.45, 2.75) is 20.4 Å². The normalized spacial score (nSPS) is 13.5. The van der Waals surface area contributed by atoms with E-state index in [1.54, 1.807) is 29.7 Å². The molecule has 1 aliphatic rings. The molecule has 3 aromatic rings. The first-order chi connectivity index (χ1) is 14.1. The topological polar surface area (TPSA) is 79.1 Å². The summed E-state index contributed by atoms with van der Waals surface area (Å²) in [7, 11) is 0. The summed E-state index contributed by atoms with van der Waals surface area (Å²) < 4.78 is 18.8. The zero-order chi connectivity index (χ0) is 20.4. The van der Waals surface area contributed by atoms with Gasteiger partial charge in [-0.25, -0.2) is 0 Å². The Kier molecular flexibility index (Phi) is 5.35. The molecule has 2 aromatic carbocycles. The van der Waals surface area contributed by atoms with Crippen LogP contribution in [0.25, 0.3) is 10.2 Å². The van der Waals surface area contributed by atoms with Crippen LogP contribution in [-0.4, -0.2) is 36.3 Å². The third-order valence-corrected chi connectivity index (χ3v) is 5.53. The number of para-hydroxylation sites is 1. The van der Waals surface area contributed by atoms with Gasteiger partial charge >= 0.3 is 5.97 Å². The molecule has 0 saturated heterocycles. The second-order valence-corrected chi connectivity index (χ2v) is 7.48. The van der Waals surface area contributed by atoms with Crippen LogP contribution in [0.4, 0.5) is 0 Å². The number of amides is 1. The predicted octanol–water partition coefficient (Wildman–Crippen LogP) is 3.09. The number of nitrogens with zero attached hydrogens (tertiary/aromatic N) is 2. The summed E-state index contributed by atoms with van der Waals surface area (Å²) in [5.41, 5.74) is 2.27. The maximum absolute atomic E-state index is 12.8. The molecule has 0 unspecified atom stereocenters. The predicted molar refractivity (Wildman–Crippen MR) is 109 cm³/mol. The fourth-order valence-electron chi connectivity index (χ4n) is 3.20. The van der Waals surface area contributed by atoms with Gasteiger partial charge in [0.15, 0.2) is 16.3 Å². The molecule has 0 bridgehead atoms. The number of carbonyl (C=O) groups is 2. The lowest BCUT2D eigenvalue weighted by molar-refractivity contribution is -0.143. The van der Waals surface area contributed by atoms with Gasteiger partial charge in [0.2, 0.25) is 0 Å². The fourth-order valence-corrected chi connectivity index (χ4v) is 4.31. The molecular weight excluding hydrogens is 392 g/mol. The summed E-state index contributed by atoms with van der Waals surface area (Å²) in [4.78, 5) is 29.7. The highest BCUT2D eigenvalue weighted by Crippen LogP contribution is 2.31. The summed E-state index contributed by atoms with van der Waals surface area (Å²) in [6, 6.07) is 10.8. The first kappa shape index (κ1) is 19.2. The molecule has 1 aliphatic heterocycles. The average Bonchev–Trinajstić information content (AvgIpc) is 3.06. The summed E-state index contributed by atoms with van der Waals surface area (Å²) >= 11 is 1.36. The summed E-state index contributed by atoms with van der Waals surface area (Å²) in [6.45, 7) is 4.94. The summed E-state index contributed by atoms with van der Waals surface area (Å²) in [5.74, 6) is 0.360. The van der Waals surface area contributed by atoms with E-state index >= 15 is 0 Å². The molecule has 8 heteroatoms. The lowest BCUT2D eigenvalue weighted by atomic mass is 10.2. The number of aryl methyl sites for hydroxylation is 1. The molecule has 0 aliphatic carbocycles. The van der Waals surface area contributed by atoms with E-state index in [9.17, 15) is 9.59 Å². The molecule has 150 valence electrons. The first-order valence-corrected chi connectivity index (χ1v) is 10.1. The van der Waals surface area contributed by atoms with Crippen LogP contribution < -0.4 is 14.3 Å². The van der Waals surface area contributed by atoms with Crippen molar-refractivity contribution in [3.63, 3.8) is 0 Å². The number of aromatic nitrogens is 1. The van der Waals surface area contributed by atoms with Crippen molar-refractivity contribution in [3.8, 4) is 11.5 Å². The largest absolute Gasteiger partial charge is 0.486 e. The smallest absolute Gasteiger partial charge is 0.326 e. The van der Waals surface area contributed by atoms with Gasteiger partial charge in [-0.1, -0.05) is 23.5 Å². The van der Waals surface area contributed by atoms with Crippen molar-refractivity contribution >= 4 is 33.4 Å². The van der Waals surface area contributed by atoms with E-state index in [4.69, 9.17) is 14.2 Å². The van der Waals surface area contributed by atoms with Crippen LogP contribution in [0.15, 0.2) is 41.4 Å². The molecule has 0 atom stereocenters. The number of thiazole rings is 1. The van der Waals surface area contributed by atoms with E-state index < -0.39 is 5.91 Å². The Morgan fingerprint density at radius 3 is 2.76 bits per heavy atom. The van der Waals surface area contributed by atoms with Gasteiger partial charge in [0.1, 0.15) is 19.8 Å². The van der Waals surface area contributed by atoms with Crippen LogP contribution in [0.1, 0.15) is 22.8 Å². The SMILES string of the molecule is CCOC(=O)Cn1c(=NC(=O)c2ccc3c(c2)OCCO3)sc2cccc(C)c21. The maximum atomic E-state index is 12.8. The monoisotopic (exact) mass is 412 g/mol. The number of hydrogen-bond acceptors (Lipinski definition) is 6. The third kappa shape index (κ3) is 3.88. The van der Waals surface area contributed by atoms with E-state index in [0.717, 1.165) is 15.8 Å². The van der Waals surface area contributed by atoms with E-state index in [1.165, 1.54) is 11.3 Å². The molecule has 0 radical (unpaired) electrons. The van der Waals surface area contributed by atoms with Crippen molar-refractivity contribution < 1.29 is 23.8 Å². The van der Waals surface area contributed by atoms with E-state index in [1.807, 2.05) is 25.1 Å². The Balaban J connectivity index is 1.78. The van der Waals surface area contributed by atoms with Gasteiger partial charge < -0.3 is 18.8 Å². The summed E-state index contributed by atoms with van der Waals surface area (Å²) in [6.07, 6.45) is 0. The zero-order valence-corrected chi connectivity index (χ0v) is 17.0. The van der Waals surface area contributed by atoms with Crippen molar-refractivity contribution in [3.05, 3.63) is 52.3 Å². The second-order valence-electron chi connectivity index (χ2n) is 6.47. The van der Waals surface area contributed by atoms with Crippen LogP contribution in [0.2, 0.25) is 0 Å². The van der Waals surface area contributed by atoms with Crippen LogP contribution in [0, 0.1) is 6.92 Å². The molecule has 29 heavy (non-hydrogen) atoms. The number of benzene rings is 2. The highest BCUT2D eigenvalue weighted by atomic mass is 32.1. The van der Waals surface area contributed by atoms with Crippen molar-refractivity contribution in [2.75, 3.05) is 19.8 Å². The van der Waals surface area contributed by atoms with E-state index in [0.29, 0.717) is 41.7 Å². The Morgan fingerprint density at radius 1 is 1.17 bits per heavy atom. The lowest BCUT2D eigenvalue weighted by Crippen LogP contribution is -2.23. The average molecular weight is 412 g/mol. The molecule has 0 saturated carbocycles. The van der Waals surface area contributed by atoms with Gasteiger partial charge in [0.25, 0.3) is 5.91 Å². The van der Waals surface area contributed by atoms with Gasteiger partial charge in [-0.15, -0.1) is 0 Å². The maximum Gasteiger partial charge on any atom is 0.326 e. The number of ether oxygens (including phenoxy) is 3. The van der Waals surface area contributed by atoms with Gasteiger partial charge in [0.05, 0.1) is 16.8 Å². The number of esters is 1. The van der Waals surface area contributed by atoms with Gasteiger partial charge in [-0.3, -0.25) is 9.59 Å². The molecular formula is C21H20N2O5S. The number of carbonyl (C=O) groups excluding carboxylic acids is 2. The van der Waals surface area contributed by atoms with Gasteiger partial charge in [-0.05, 0) is 43.7 Å². The molecule has 2 heterocycles. The first-order valence-electron chi connectivity index (χ1n) is 9.30. The minimum Gasteiger partial charge on any atom is -0.486 e. The standard InChI is InChI=1S/C21H20N2O5S/c1-3-26-18(24)12-23-19-13(2)5-4-6-17(19)29-21(23)22-20(25)14-7-8-15-16(11-14)28-10-9-27-15/h4-8,11H,3,9-10,12H2,1-2H3. The molecule has 7 nitrogen and oxygen atoms in total. The summed E-state index contributed by atoms with van der Waals surface area (Å²) in [5, 5.41) is 0. The lowest BCUT2D eigenvalue weighted by Gasteiger charge is -2.18. The molecule has 1 aromatic heterocycles. The quantitative estimate of drug-likeness (QED) is 0.616. The molecule has 1 amide bonds. The molecule has 0 N–H and O–H groups in total. The minimum absolute atomic E-state index is 0.00799. The highest BCUT2D eigenvalue weighted by molar-refractivity contribution is 7.16. The zero-order valence-electron chi connectivity index (χ0n) is 16.1. The Morgan fingerprint density at radius 2 is 1.97 bits per heavy atom. The fraction of sp³-hybridized carbons (Fsp3) is 0.286. The van der Waals surface area contributed by atoms with Crippen LogP contribution in [0.3, 0.4) is 0 Å². The van der Waals surface area contributed by atoms with Crippen molar-refractivity contribution in [1.29, 1.82) is 0 Å². The number of hydrogen-bond donors (Lipinski definition) is 0. The minimum atomic E-state index is -0.413. The van der Waals surface area contributed by atoms with E-state index in [-0.39, 0.29) is 12.5 Å². The highest BCUT2D eigenvalue weighted by Gasteiger charge is 2.17. The molecule has 0 spiro atoms. The Bertz CT molecular complexity index is 1160. The molecule has 4 rings (SSSR count). The van der Waals surface area contributed by atoms with Crippen molar-refractivity contribution in [2.24, 2.45) is 4.99 Å². The Labute approximate surface area is 171 Å². The third-order valence-electron chi connectivity index (χ3n) is 4.48. The Hall–Kier alpha value is -3.13. The van der Waals surface area contributed by atoms with Crippen LogP contribution in [-0.2, 0) is 16.1 Å². The van der Waals surface area contributed by atoms with Crippen LogP contribution >= 0.6 is 11.3 Å².